The lowest BCUT2D eigenvalue weighted by molar-refractivity contribution is -0.119. The normalized spacial score (nSPS) is 21.5. The van der Waals surface area contributed by atoms with Crippen LogP contribution >= 0.6 is 23.1 Å². The van der Waals surface area contributed by atoms with Crippen LogP contribution in [0.2, 0.25) is 0 Å². The first-order valence-corrected chi connectivity index (χ1v) is 11.9. The summed E-state index contributed by atoms with van der Waals surface area (Å²) in [5.41, 5.74) is 1.21. The standard InChI is InChI=1S/C20H28N4O3S2/c1-13-14(2)29-20-18(13)19(22-12-23-20)28-11-17(25)21-9-16(15-3-6-27-10-15)24-4-7-26-8-5-24/h12,15-16H,3-11H2,1-2H3,(H,21,25). The summed E-state index contributed by atoms with van der Waals surface area (Å²) in [4.78, 5) is 26.1. The molecule has 0 spiro atoms. The summed E-state index contributed by atoms with van der Waals surface area (Å²) in [5, 5.41) is 5.13. The molecule has 2 aliphatic rings. The van der Waals surface area contributed by atoms with Crippen LogP contribution in [0, 0.1) is 19.8 Å². The zero-order chi connectivity index (χ0) is 20.2. The van der Waals surface area contributed by atoms with Crippen molar-refractivity contribution in [1.29, 1.82) is 0 Å². The van der Waals surface area contributed by atoms with Gasteiger partial charge in [-0.3, -0.25) is 9.69 Å². The SMILES string of the molecule is Cc1sc2ncnc(SCC(=O)NCC(C3CCOC3)N3CCOCC3)c2c1C. The fraction of sp³-hybridized carbons (Fsp3) is 0.650. The predicted molar refractivity (Wildman–Crippen MR) is 116 cm³/mol. The number of thioether (sulfide) groups is 1. The molecule has 2 saturated heterocycles. The molecule has 29 heavy (non-hydrogen) atoms. The minimum atomic E-state index is 0.0449. The van der Waals surface area contributed by atoms with Crippen molar-refractivity contribution in [1.82, 2.24) is 20.2 Å². The Morgan fingerprint density at radius 1 is 1.31 bits per heavy atom. The van der Waals surface area contributed by atoms with E-state index in [1.165, 1.54) is 22.2 Å². The molecule has 4 rings (SSSR count). The molecule has 0 aliphatic carbocycles. The van der Waals surface area contributed by atoms with Crippen molar-refractivity contribution < 1.29 is 14.3 Å². The summed E-state index contributed by atoms with van der Waals surface area (Å²) in [5.74, 6) is 0.875. The molecule has 0 aromatic carbocycles. The van der Waals surface area contributed by atoms with Gasteiger partial charge in [0.25, 0.3) is 0 Å². The van der Waals surface area contributed by atoms with Gasteiger partial charge in [0.15, 0.2) is 0 Å². The fourth-order valence-electron chi connectivity index (χ4n) is 4.02. The van der Waals surface area contributed by atoms with Crippen LogP contribution in [0.3, 0.4) is 0 Å². The number of morpholine rings is 1. The van der Waals surface area contributed by atoms with Crippen molar-refractivity contribution in [3.05, 3.63) is 16.8 Å². The van der Waals surface area contributed by atoms with Crippen molar-refractivity contribution in [2.24, 2.45) is 5.92 Å². The molecule has 2 aliphatic heterocycles. The van der Waals surface area contributed by atoms with Gasteiger partial charge in [0, 0.05) is 48.5 Å². The van der Waals surface area contributed by atoms with Crippen LogP contribution in [0.25, 0.3) is 10.2 Å². The van der Waals surface area contributed by atoms with Crippen LogP contribution < -0.4 is 5.32 Å². The van der Waals surface area contributed by atoms with Gasteiger partial charge in [-0.1, -0.05) is 11.8 Å². The largest absolute Gasteiger partial charge is 0.381 e. The van der Waals surface area contributed by atoms with Crippen LogP contribution in [0.4, 0.5) is 0 Å². The number of nitrogens with one attached hydrogen (secondary N) is 1. The lowest BCUT2D eigenvalue weighted by Crippen LogP contribution is -2.52. The first-order chi connectivity index (χ1) is 14.1. The minimum absolute atomic E-state index is 0.0449. The van der Waals surface area contributed by atoms with Gasteiger partial charge in [-0.25, -0.2) is 9.97 Å². The lowest BCUT2D eigenvalue weighted by atomic mass is 9.97. The summed E-state index contributed by atoms with van der Waals surface area (Å²) in [6, 6.07) is 0.308. The number of thiophene rings is 1. The number of carbonyl (C=O) groups excluding carboxylic acids is 1. The van der Waals surface area contributed by atoms with E-state index < -0.39 is 0 Å². The van der Waals surface area contributed by atoms with E-state index >= 15 is 0 Å². The van der Waals surface area contributed by atoms with Gasteiger partial charge >= 0.3 is 0 Å². The maximum Gasteiger partial charge on any atom is 0.230 e. The van der Waals surface area contributed by atoms with Crippen molar-refractivity contribution in [2.75, 3.05) is 51.8 Å². The molecular weight excluding hydrogens is 408 g/mol. The second kappa shape index (κ2) is 9.70. The van der Waals surface area contributed by atoms with Crippen molar-refractivity contribution in [3.63, 3.8) is 0 Å². The highest BCUT2D eigenvalue weighted by Gasteiger charge is 2.31. The lowest BCUT2D eigenvalue weighted by Gasteiger charge is -2.37. The molecule has 7 nitrogen and oxygen atoms in total. The van der Waals surface area contributed by atoms with Crippen molar-refractivity contribution in [2.45, 2.75) is 31.3 Å². The Labute approximate surface area is 179 Å². The zero-order valence-electron chi connectivity index (χ0n) is 17.0. The first-order valence-electron chi connectivity index (χ1n) is 10.1. The molecule has 9 heteroatoms. The van der Waals surface area contributed by atoms with Gasteiger partial charge in [-0.05, 0) is 25.8 Å². The average molecular weight is 437 g/mol. The van der Waals surface area contributed by atoms with Gasteiger partial charge in [0.1, 0.15) is 16.2 Å². The molecule has 1 N–H and O–H groups in total. The molecule has 0 saturated carbocycles. The molecule has 0 bridgehead atoms. The molecule has 4 heterocycles. The third-order valence-corrected chi connectivity index (χ3v) is 7.91. The monoisotopic (exact) mass is 436 g/mol. The number of hydrogen-bond donors (Lipinski definition) is 1. The molecule has 158 valence electrons. The highest BCUT2D eigenvalue weighted by atomic mass is 32.2. The van der Waals surface area contributed by atoms with Crippen molar-refractivity contribution >= 4 is 39.2 Å². The molecule has 2 unspecified atom stereocenters. The second-order valence-corrected chi connectivity index (χ2v) is 9.74. The topological polar surface area (TPSA) is 76.6 Å². The Morgan fingerprint density at radius 3 is 2.90 bits per heavy atom. The Kier molecular flexibility index (Phi) is 7.02. The van der Waals surface area contributed by atoms with E-state index in [9.17, 15) is 4.79 Å². The zero-order valence-corrected chi connectivity index (χ0v) is 18.6. The third kappa shape index (κ3) is 4.91. The first kappa shape index (κ1) is 21.0. The van der Waals surface area contributed by atoms with E-state index in [1.54, 1.807) is 17.7 Å². The van der Waals surface area contributed by atoms with Crippen LogP contribution in [0.5, 0.6) is 0 Å². The van der Waals surface area contributed by atoms with E-state index in [-0.39, 0.29) is 5.91 Å². The van der Waals surface area contributed by atoms with E-state index in [2.05, 4.69) is 34.0 Å². The smallest absolute Gasteiger partial charge is 0.230 e. The number of aromatic nitrogens is 2. The van der Waals surface area contributed by atoms with E-state index in [1.807, 2.05) is 0 Å². The molecule has 2 atom stereocenters. The minimum Gasteiger partial charge on any atom is -0.381 e. The van der Waals surface area contributed by atoms with Crippen LogP contribution in [0.1, 0.15) is 16.9 Å². The third-order valence-electron chi connectivity index (χ3n) is 5.80. The predicted octanol–water partition coefficient (Wildman–Crippen LogP) is 2.25. The fourth-order valence-corrected chi connectivity index (χ4v) is 5.97. The second-order valence-electron chi connectivity index (χ2n) is 7.57. The Bertz CT molecular complexity index is 848. The molecule has 2 aromatic heterocycles. The van der Waals surface area contributed by atoms with Crippen LogP contribution in [-0.2, 0) is 14.3 Å². The van der Waals surface area contributed by atoms with Gasteiger partial charge in [-0.2, -0.15) is 0 Å². The van der Waals surface area contributed by atoms with Gasteiger partial charge in [0.2, 0.25) is 5.91 Å². The summed E-state index contributed by atoms with van der Waals surface area (Å²) in [7, 11) is 0. The number of rotatable bonds is 7. The van der Waals surface area contributed by atoms with Crippen LogP contribution in [-0.4, -0.2) is 78.6 Å². The number of hydrogen-bond acceptors (Lipinski definition) is 8. The number of amides is 1. The molecule has 0 radical (unpaired) electrons. The number of carbonyl (C=O) groups is 1. The maximum absolute atomic E-state index is 12.6. The molecular formula is C20H28N4O3S2. The Hall–Kier alpha value is -1.26. The summed E-state index contributed by atoms with van der Waals surface area (Å²) in [6.45, 7) is 9.81. The quantitative estimate of drug-likeness (QED) is 0.527. The average Bonchev–Trinajstić information content (AvgIpc) is 3.36. The molecule has 2 fully saturated rings. The summed E-state index contributed by atoms with van der Waals surface area (Å²) < 4.78 is 11.1. The number of aryl methyl sites for hydroxylation is 2. The molecule has 1 amide bonds. The van der Waals surface area contributed by atoms with E-state index in [0.717, 1.165) is 61.2 Å². The highest BCUT2D eigenvalue weighted by Crippen LogP contribution is 2.34. The van der Waals surface area contributed by atoms with Crippen LogP contribution in [0.15, 0.2) is 11.4 Å². The molecule has 2 aromatic rings. The number of fused-ring (bicyclic) bond motifs is 1. The summed E-state index contributed by atoms with van der Waals surface area (Å²) >= 11 is 3.17. The van der Waals surface area contributed by atoms with E-state index in [0.29, 0.717) is 24.3 Å². The Balaban J connectivity index is 1.35. The van der Waals surface area contributed by atoms with Crippen molar-refractivity contribution in [3.8, 4) is 0 Å². The highest BCUT2D eigenvalue weighted by molar-refractivity contribution is 8.00. The number of ether oxygens (including phenoxy) is 2. The van der Waals surface area contributed by atoms with Gasteiger partial charge in [-0.15, -0.1) is 11.3 Å². The van der Waals surface area contributed by atoms with E-state index in [4.69, 9.17) is 9.47 Å². The summed E-state index contributed by atoms with van der Waals surface area (Å²) in [6.07, 6.45) is 2.65. The van der Waals surface area contributed by atoms with Gasteiger partial charge in [0.05, 0.1) is 25.6 Å². The maximum atomic E-state index is 12.6. The Morgan fingerprint density at radius 2 is 2.14 bits per heavy atom. The van der Waals surface area contributed by atoms with Gasteiger partial charge < -0.3 is 14.8 Å². The number of nitrogens with zero attached hydrogens (tertiary/aromatic N) is 3.